The Bertz CT molecular complexity index is 408. The van der Waals surface area contributed by atoms with Gasteiger partial charge in [0.1, 0.15) is 5.69 Å². The van der Waals surface area contributed by atoms with Gasteiger partial charge in [-0.15, -0.1) is 0 Å². The van der Waals surface area contributed by atoms with Crippen LogP contribution in [0.25, 0.3) is 0 Å². The number of aromatic nitrogens is 1. The summed E-state index contributed by atoms with van der Waals surface area (Å²) in [7, 11) is 0. The first-order valence-electron chi connectivity index (χ1n) is 4.04. The van der Waals surface area contributed by atoms with Crippen molar-refractivity contribution in [3.8, 4) is 0 Å². The van der Waals surface area contributed by atoms with Gasteiger partial charge in [0, 0.05) is 6.07 Å². The van der Waals surface area contributed by atoms with Crippen molar-refractivity contribution < 1.29 is 14.5 Å². The standard InChI is InChI=1S/C8H7BrN2O4/c1-2-15-8(12)5-3-4-6(11(13)14)7(9)10-5/h3-4H,2H2,1H3. The van der Waals surface area contributed by atoms with Crippen LogP contribution in [0.15, 0.2) is 16.7 Å². The van der Waals surface area contributed by atoms with E-state index in [9.17, 15) is 14.9 Å². The Morgan fingerprint density at radius 1 is 1.67 bits per heavy atom. The van der Waals surface area contributed by atoms with Crippen molar-refractivity contribution in [1.82, 2.24) is 4.98 Å². The second-order valence-electron chi connectivity index (χ2n) is 2.48. The largest absolute Gasteiger partial charge is 0.461 e. The Balaban J connectivity index is 3.01. The van der Waals surface area contributed by atoms with Gasteiger partial charge in [0.25, 0.3) is 0 Å². The first-order valence-corrected chi connectivity index (χ1v) is 4.83. The van der Waals surface area contributed by atoms with Crippen LogP contribution in [0.5, 0.6) is 0 Å². The van der Waals surface area contributed by atoms with Crippen LogP contribution in [0.3, 0.4) is 0 Å². The van der Waals surface area contributed by atoms with Crippen LogP contribution in [0.2, 0.25) is 0 Å². The van der Waals surface area contributed by atoms with Crippen LogP contribution in [0.4, 0.5) is 5.69 Å². The van der Waals surface area contributed by atoms with Gasteiger partial charge in [-0.3, -0.25) is 10.1 Å². The molecule has 1 rings (SSSR count). The number of halogens is 1. The molecule has 1 heterocycles. The lowest BCUT2D eigenvalue weighted by Crippen LogP contribution is -2.07. The molecule has 0 saturated carbocycles. The van der Waals surface area contributed by atoms with Gasteiger partial charge in [-0.05, 0) is 28.9 Å². The number of hydrogen-bond donors (Lipinski definition) is 0. The maximum Gasteiger partial charge on any atom is 0.356 e. The molecule has 0 aromatic carbocycles. The van der Waals surface area contributed by atoms with Crippen molar-refractivity contribution in [2.24, 2.45) is 0 Å². The Morgan fingerprint density at radius 3 is 2.80 bits per heavy atom. The first kappa shape index (κ1) is 11.6. The average Bonchev–Trinajstić information content (AvgIpc) is 2.17. The van der Waals surface area contributed by atoms with Crippen molar-refractivity contribution in [2.75, 3.05) is 6.61 Å². The van der Waals surface area contributed by atoms with Crippen molar-refractivity contribution >= 4 is 27.6 Å². The summed E-state index contributed by atoms with van der Waals surface area (Å²) in [4.78, 5) is 24.8. The summed E-state index contributed by atoms with van der Waals surface area (Å²) in [5, 5.41) is 10.4. The number of rotatable bonds is 3. The molecule has 0 radical (unpaired) electrons. The predicted molar refractivity (Wildman–Crippen MR) is 54.5 cm³/mol. The highest BCUT2D eigenvalue weighted by atomic mass is 79.9. The molecular formula is C8H7BrN2O4. The summed E-state index contributed by atoms with van der Waals surface area (Å²) >= 11 is 2.91. The molecule has 0 aliphatic heterocycles. The summed E-state index contributed by atoms with van der Waals surface area (Å²) in [6, 6.07) is 2.45. The minimum atomic E-state index is -0.604. The van der Waals surface area contributed by atoms with E-state index in [0.717, 1.165) is 0 Å². The highest BCUT2D eigenvalue weighted by molar-refractivity contribution is 9.10. The lowest BCUT2D eigenvalue weighted by molar-refractivity contribution is -0.386. The average molecular weight is 275 g/mol. The molecule has 0 fully saturated rings. The Kier molecular flexibility index (Phi) is 3.73. The van der Waals surface area contributed by atoms with Crippen LogP contribution < -0.4 is 0 Å². The maximum atomic E-state index is 11.2. The Hall–Kier alpha value is -1.50. The fourth-order valence-corrected chi connectivity index (χ4v) is 1.35. The van der Waals surface area contributed by atoms with Crippen LogP contribution in [-0.2, 0) is 4.74 Å². The third kappa shape index (κ3) is 2.72. The van der Waals surface area contributed by atoms with Crippen LogP contribution in [0, 0.1) is 10.1 Å². The molecule has 0 N–H and O–H groups in total. The molecule has 0 unspecified atom stereocenters. The van der Waals surface area contributed by atoms with Crippen LogP contribution >= 0.6 is 15.9 Å². The summed E-state index contributed by atoms with van der Waals surface area (Å²) in [5.41, 5.74) is -0.155. The van der Waals surface area contributed by atoms with E-state index in [4.69, 9.17) is 4.74 Å². The molecular weight excluding hydrogens is 268 g/mol. The van der Waals surface area contributed by atoms with E-state index in [2.05, 4.69) is 20.9 Å². The molecule has 0 aliphatic carbocycles. The van der Waals surface area contributed by atoms with Crippen molar-refractivity contribution in [2.45, 2.75) is 6.92 Å². The second kappa shape index (κ2) is 4.83. The zero-order valence-corrected chi connectivity index (χ0v) is 9.35. The van der Waals surface area contributed by atoms with E-state index in [-0.39, 0.29) is 22.6 Å². The lowest BCUT2D eigenvalue weighted by Gasteiger charge is -2.01. The lowest BCUT2D eigenvalue weighted by atomic mass is 10.3. The molecule has 0 bridgehead atoms. The Labute approximate surface area is 93.5 Å². The maximum absolute atomic E-state index is 11.2. The van der Waals surface area contributed by atoms with Gasteiger partial charge < -0.3 is 4.74 Å². The molecule has 6 nitrogen and oxygen atoms in total. The Morgan fingerprint density at radius 2 is 2.33 bits per heavy atom. The number of hydrogen-bond acceptors (Lipinski definition) is 5. The molecule has 0 amide bonds. The highest BCUT2D eigenvalue weighted by Crippen LogP contribution is 2.22. The van der Waals surface area contributed by atoms with Crippen molar-refractivity contribution in [1.29, 1.82) is 0 Å². The van der Waals surface area contributed by atoms with Gasteiger partial charge in [-0.25, -0.2) is 9.78 Å². The molecule has 7 heteroatoms. The fraction of sp³-hybridized carbons (Fsp3) is 0.250. The molecule has 15 heavy (non-hydrogen) atoms. The van der Waals surface area contributed by atoms with E-state index in [1.807, 2.05) is 0 Å². The molecule has 0 atom stereocenters. The van der Waals surface area contributed by atoms with E-state index in [1.165, 1.54) is 12.1 Å². The van der Waals surface area contributed by atoms with Gasteiger partial charge in [-0.2, -0.15) is 0 Å². The smallest absolute Gasteiger partial charge is 0.356 e. The third-order valence-corrected chi connectivity index (χ3v) is 2.09. The van der Waals surface area contributed by atoms with Gasteiger partial charge >= 0.3 is 11.7 Å². The number of carbonyl (C=O) groups is 1. The SMILES string of the molecule is CCOC(=O)c1ccc([N+](=O)[O-])c(Br)n1. The highest BCUT2D eigenvalue weighted by Gasteiger charge is 2.16. The zero-order valence-electron chi connectivity index (χ0n) is 7.77. The minimum absolute atomic E-state index is 0.0121. The summed E-state index contributed by atoms with van der Waals surface area (Å²) in [5.74, 6) is -0.604. The van der Waals surface area contributed by atoms with Crippen LogP contribution in [0.1, 0.15) is 17.4 Å². The van der Waals surface area contributed by atoms with Crippen molar-refractivity contribution in [3.63, 3.8) is 0 Å². The third-order valence-electron chi connectivity index (χ3n) is 1.51. The molecule has 1 aromatic heterocycles. The summed E-state index contributed by atoms with van der Waals surface area (Å²) in [6.07, 6.45) is 0. The van der Waals surface area contributed by atoms with Gasteiger partial charge in [-0.1, -0.05) is 0 Å². The topological polar surface area (TPSA) is 82.3 Å². The van der Waals surface area contributed by atoms with Crippen molar-refractivity contribution in [3.05, 3.63) is 32.5 Å². The number of nitrogens with zero attached hydrogens (tertiary/aromatic N) is 2. The van der Waals surface area contributed by atoms with Gasteiger partial charge in [0.2, 0.25) is 0 Å². The van der Waals surface area contributed by atoms with Gasteiger partial charge in [0.15, 0.2) is 4.60 Å². The van der Waals surface area contributed by atoms with E-state index in [0.29, 0.717) is 0 Å². The van der Waals surface area contributed by atoms with E-state index in [1.54, 1.807) is 6.92 Å². The molecule has 0 saturated heterocycles. The monoisotopic (exact) mass is 274 g/mol. The molecule has 1 aromatic rings. The number of nitro groups is 1. The predicted octanol–water partition coefficient (Wildman–Crippen LogP) is 1.93. The first-order chi connectivity index (χ1) is 7.06. The molecule has 0 spiro atoms. The number of esters is 1. The fourth-order valence-electron chi connectivity index (χ4n) is 0.882. The van der Waals surface area contributed by atoms with E-state index < -0.39 is 10.9 Å². The number of pyridine rings is 1. The van der Waals surface area contributed by atoms with Crippen LogP contribution in [-0.4, -0.2) is 22.5 Å². The minimum Gasteiger partial charge on any atom is -0.461 e. The summed E-state index contributed by atoms with van der Waals surface area (Å²) in [6.45, 7) is 1.90. The molecule has 80 valence electrons. The zero-order chi connectivity index (χ0) is 11.4. The normalized spacial score (nSPS) is 9.73. The van der Waals surface area contributed by atoms with E-state index >= 15 is 0 Å². The number of ether oxygens (including phenoxy) is 1. The second-order valence-corrected chi connectivity index (χ2v) is 3.24. The quantitative estimate of drug-likeness (QED) is 0.364. The molecule has 0 aliphatic rings. The summed E-state index contributed by atoms with van der Waals surface area (Å²) < 4.78 is 4.70. The number of carbonyl (C=O) groups excluding carboxylic acids is 1. The van der Waals surface area contributed by atoms with Gasteiger partial charge in [0.05, 0.1) is 11.5 Å².